The van der Waals surface area contributed by atoms with Gasteiger partial charge in [-0.25, -0.2) is 4.68 Å². The van der Waals surface area contributed by atoms with Gasteiger partial charge in [-0.3, -0.25) is 4.79 Å². The number of benzene rings is 1. The van der Waals surface area contributed by atoms with Gasteiger partial charge in [0.2, 0.25) is 0 Å². The van der Waals surface area contributed by atoms with Crippen molar-refractivity contribution in [3.63, 3.8) is 0 Å². The monoisotopic (exact) mass is 434 g/mol. The lowest BCUT2D eigenvalue weighted by atomic mass is 9.97. The number of hydrogen-bond donors (Lipinski definition) is 2. The number of nitrogens with one attached hydrogen (secondary N) is 2. The number of anilines is 1. The molecule has 5 nitrogen and oxygen atoms in total. The summed E-state index contributed by atoms with van der Waals surface area (Å²) in [5, 5.41) is 9.92. The maximum absolute atomic E-state index is 13.7. The number of nitrogens with zero attached hydrogens (tertiary/aromatic N) is 2. The summed E-state index contributed by atoms with van der Waals surface area (Å²) in [4.78, 5) is 12.4. The number of rotatable bonds is 4. The summed E-state index contributed by atoms with van der Waals surface area (Å²) in [5.74, 6) is -0.628. The molecular formula is C18H19Cl2F3N4O. The van der Waals surface area contributed by atoms with Crippen LogP contribution in [0.2, 0.25) is 10.0 Å². The summed E-state index contributed by atoms with van der Waals surface area (Å²) >= 11 is 12.1. The average molecular weight is 435 g/mol. The van der Waals surface area contributed by atoms with E-state index < -0.39 is 24.2 Å². The first-order valence-corrected chi connectivity index (χ1v) is 9.55. The molecule has 2 N–H and O–H groups in total. The van der Waals surface area contributed by atoms with Crippen molar-refractivity contribution in [2.24, 2.45) is 0 Å². The highest BCUT2D eigenvalue weighted by Gasteiger charge is 2.47. The van der Waals surface area contributed by atoms with E-state index >= 15 is 0 Å². The standard InChI is InChI=1S/C18H19Cl2F3N4O/c1-3-9(2)24-17(28)15-14(20)16-25-12(10-4-6-11(19)7-5-10)8-13(18(21,22)23)27(16)26-15/h4-7,9,12-13,25H,3,8H2,1-2H3,(H,24,28)/t9-,12-,13-/m1/s1. The first-order valence-electron chi connectivity index (χ1n) is 8.79. The van der Waals surface area contributed by atoms with Crippen LogP contribution in [0.5, 0.6) is 0 Å². The van der Waals surface area contributed by atoms with Gasteiger partial charge in [0.1, 0.15) is 10.8 Å². The van der Waals surface area contributed by atoms with E-state index in [9.17, 15) is 18.0 Å². The number of alkyl halides is 3. The van der Waals surface area contributed by atoms with E-state index in [-0.39, 0.29) is 29.0 Å². The molecule has 0 aliphatic carbocycles. The molecule has 0 bridgehead atoms. The van der Waals surface area contributed by atoms with E-state index in [0.717, 1.165) is 4.68 Å². The van der Waals surface area contributed by atoms with Gasteiger partial charge < -0.3 is 10.6 Å². The van der Waals surface area contributed by atoms with Crippen molar-refractivity contribution in [3.8, 4) is 0 Å². The van der Waals surface area contributed by atoms with E-state index in [1.807, 2.05) is 6.92 Å². The van der Waals surface area contributed by atoms with Crippen molar-refractivity contribution in [1.29, 1.82) is 0 Å². The lowest BCUT2D eigenvalue weighted by Crippen LogP contribution is -2.36. The second kappa shape index (κ2) is 7.83. The van der Waals surface area contributed by atoms with Crippen molar-refractivity contribution >= 4 is 34.9 Å². The predicted molar refractivity (Wildman–Crippen MR) is 102 cm³/mol. The number of aromatic nitrogens is 2. The van der Waals surface area contributed by atoms with E-state index in [0.29, 0.717) is 17.0 Å². The lowest BCUT2D eigenvalue weighted by Gasteiger charge is -2.33. The second-order valence-corrected chi connectivity index (χ2v) is 7.59. The lowest BCUT2D eigenvalue weighted by molar-refractivity contribution is -0.173. The molecule has 0 saturated carbocycles. The Kier molecular flexibility index (Phi) is 5.82. The topological polar surface area (TPSA) is 59.0 Å². The minimum atomic E-state index is -4.55. The Bertz CT molecular complexity index is 867. The Morgan fingerprint density at radius 1 is 1.36 bits per heavy atom. The second-order valence-electron chi connectivity index (χ2n) is 6.78. The highest BCUT2D eigenvalue weighted by molar-refractivity contribution is 6.36. The molecule has 3 rings (SSSR count). The molecular weight excluding hydrogens is 416 g/mol. The van der Waals surface area contributed by atoms with Crippen LogP contribution in [0.25, 0.3) is 0 Å². The minimum absolute atomic E-state index is 0.0236. The van der Waals surface area contributed by atoms with E-state index in [1.54, 1.807) is 31.2 Å². The SMILES string of the molecule is CC[C@@H](C)NC(=O)c1nn2c(c1Cl)N[C@@H](c1ccc(Cl)cc1)C[C@@H]2C(F)(F)F. The van der Waals surface area contributed by atoms with Crippen LogP contribution in [0.4, 0.5) is 19.0 Å². The maximum atomic E-state index is 13.7. The van der Waals surface area contributed by atoms with Gasteiger partial charge in [0, 0.05) is 17.5 Å². The fourth-order valence-corrected chi connectivity index (χ4v) is 3.43. The van der Waals surface area contributed by atoms with Gasteiger partial charge in [-0.15, -0.1) is 0 Å². The summed E-state index contributed by atoms with van der Waals surface area (Å²) in [7, 11) is 0. The first-order chi connectivity index (χ1) is 13.1. The van der Waals surface area contributed by atoms with Gasteiger partial charge in [-0.05, 0) is 31.0 Å². The summed E-state index contributed by atoms with van der Waals surface area (Å²) in [5.41, 5.74) is 0.406. The Hall–Kier alpha value is -1.93. The van der Waals surface area contributed by atoms with Crippen LogP contribution in [0.1, 0.15) is 54.8 Å². The van der Waals surface area contributed by atoms with Crippen LogP contribution in [0, 0.1) is 0 Å². The Morgan fingerprint density at radius 3 is 2.57 bits per heavy atom. The van der Waals surface area contributed by atoms with Crippen LogP contribution in [0.15, 0.2) is 24.3 Å². The van der Waals surface area contributed by atoms with Crippen LogP contribution in [-0.4, -0.2) is 27.9 Å². The normalized spacial score (nSPS) is 20.2. The van der Waals surface area contributed by atoms with E-state index in [4.69, 9.17) is 23.2 Å². The molecule has 1 aromatic heterocycles. The molecule has 2 heterocycles. The Labute approximate surface area is 170 Å². The zero-order valence-electron chi connectivity index (χ0n) is 15.1. The number of carbonyl (C=O) groups is 1. The summed E-state index contributed by atoms with van der Waals surface area (Å²) < 4.78 is 41.9. The molecule has 1 aromatic carbocycles. The average Bonchev–Trinajstić information content (AvgIpc) is 2.97. The molecule has 10 heteroatoms. The zero-order chi connectivity index (χ0) is 20.6. The Morgan fingerprint density at radius 2 is 2.00 bits per heavy atom. The number of amides is 1. The molecule has 0 unspecified atom stereocenters. The van der Waals surface area contributed by atoms with Crippen LogP contribution in [0.3, 0.4) is 0 Å². The molecule has 1 aliphatic rings. The summed E-state index contributed by atoms with van der Waals surface area (Å²) in [6.07, 6.45) is -4.18. The molecule has 152 valence electrons. The van der Waals surface area contributed by atoms with Gasteiger partial charge in [0.25, 0.3) is 5.91 Å². The smallest absolute Gasteiger partial charge is 0.362 e. The zero-order valence-corrected chi connectivity index (χ0v) is 16.7. The van der Waals surface area contributed by atoms with Crippen LogP contribution < -0.4 is 10.6 Å². The van der Waals surface area contributed by atoms with Gasteiger partial charge >= 0.3 is 6.18 Å². The van der Waals surface area contributed by atoms with Crippen molar-refractivity contribution < 1.29 is 18.0 Å². The van der Waals surface area contributed by atoms with Crippen molar-refractivity contribution in [2.75, 3.05) is 5.32 Å². The van der Waals surface area contributed by atoms with Crippen molar-refractivity contribution in [3.05, 3.63) is 45.6 Å². The van der Waals surface area contributed by atoms with Gasteiger partial charge in [-0.1, -0.05) is 42.3 Å². The highest BCUT2D eigenvalue weighted by Crippen LogP contribution is 2.46. The maximum Gasteiger partial charge on any atom is 0.410 e. The number of halogens is 5. The number of fused-ring (bicyclic) bond motifs is 1. The largest absolute Gasteiger partial charge is 0.410 e. The third kappa shape index (κ3) is 4.07. The van der Waals surface area contributed by atoms with Crippen molar-refractivity contribution in [2.45, 2.75) is 51.0 Å². The van der Waals surface area contributed by atoms with Gasteiger partial charge in [0.05, 0.1) is 6.04 Å². The first kappa shape index (κ1) is 20.8. The van der Waals surface area contributed by atoms with E-state index in [2.05, 4.69) is 15.7 Å². The molecule has 3 atom stereocenters. The molecule has 1 aliphatic heterocycles. The molecule has 2 aromatic rings. The van der Waals surface area contributed by atoms with Crippen LogP contribution >= 0.6 is 23.2 Å². The summed E-state index contributed by atoms with van der Waals surface area (Å²) in [6.45, 7) is 3.66. The number of hydrogen-bond acceptors (Lipinski definition) is 3. The summed E-state index contributed by atoms with van der Waals surface area (Å²) in [6, 6.07) is 3.81. The van der Waals surface area contributed by atoms with Gasteiger partial charge in [0.15, 0.2) is 11.7 Å². The van der Waals surface area contributed by atoms with Gasteiger partial charge in [-0.2, -0.15) is 18.3 Å². The Balaban J connectivity index is 2.00. The molecule has 0 saturated heterocycles. The number of carbonyl (C=O) groups excluding carboxylic acids is 1. The molecule has 0 spiro atoms. The molecule has 0 fully saturated rings. The minimum Gasteiger partial charge on any atom is -0.362 e. The van der Waals surface area contributed by atoms with E-state index in [1.165, 1.54) is 0 Å². The third-order valence-corrected chi connectivity index (χ3v) is 5.38. The predicted octanol–water partition coefficient (Wildman–Crippen LogP) is 5.38. The van der Waals surface area contributed by atoms with Crippen molar-refractivity contribution in [1.82, 2.24) is 15.1 Å². The fourth-order valence-electron chi connectivity index (χ4n) is 3.04. The molecule has 1 amide bonds. The third-order valence-electron chi connectivity index (χ3n) is 4.77. The van der Waals surface area contributed by atoms with Crippen LogP contribution in [-0.2, 0) is 0 Å². The molecule has 0 radical (unpaired) electrons. The fraction of sp³-hybridized carbons (Fsp3) is 0.444. The molecule has 28 heavy (non-hydrogen) atoms. The highest BCUT2D eigenvalue weighted by atomic mass is 35.5. The quantitative estimate of drug-likeness (QED) is 0.678.